The molecule has 0 heterocycles. The molecule has 0 aromatic carbocycles. The van der Waals surface area contributed by atoms with Gasteiger partial charge in [-0.3, -0.25) is 0 Å². The fourth-order valence-corrected chi connectivity index (χ4v) is 0. The van der Waals surface area contributed by atoms with Crippen LogP contribution in [0.3, 0.4) is 0 Å². The zero-order chi connectivity index (χ0) is 3.41. The first-order chi connectivity index (χ1) is 1.91. The predicted molar refractivity (Wildman–Crippen MR) is 21.2 cm³/mol. The topological polar surface area (TPSA) is 9.23 Å². The summed E-state index contributed by atoms with van der Waals surface area (Å²) in [6.45, 7) is 1.99. The molecule has 0 amide bonds. The fourth-order valence-electron chi connectivity index (χ4n) is 0. The summed E-state index contributed by atoms with van der Waals surface area (Å²) in [5.74, 6) is 0. The van der Waals surface area contributed by atoms with Crippen LogP contribution in [0.4, 0.5) is 0 Å². The number of hydrogen-bond acceptors (Lipinski definition) is 1. The monoisotopic (exact) mass is 78.0 g/mol. The van der Waals surface area contributed by atoms with Crippen molar-refractivity contribution in [1.82, 2.24) is 0 Å². The summed E-state index contributed by atoms with van der Waals surface area (Å²) in [4.78, 5) is 0. The standard InChI is InChI=1S/C2H7OP/c1-3-4-2/h4H,1-2H3. The van der Waals surface area contributed by atoms with Gasteiger partial charge in [0.2, 0.25) is 0 Å². The van der Waals surface area contributed by atoms with Gasteiger partial charge in [-0.2, -0.15) is 0 Å². The Morgan fingerprint density at radius 1 is 1.75 bits per heavy atom. The molecule has 4 heavy (non-hydrogen) atoms. The van der Waals surface area contributed by atoms with Crippen molar-refractivity contribution in [3.05, 3.63) is 0 Å². The van der Waals surface area contributed by atoms with Crippen molar-refractivity contribution in [3.63, 3.8) is 0 Å². The molecule has 0 rings (SSSR count). The van der Waals surface area contributed by atoms with E-state index in [0.717, 1.165) is 0 Å². The highest BCUT2D eigenvalue weighted by molar-refractivity contribution is 7.31. The van der Waals surface area contributed by atoms with Crippen LogP contribution >= 0.6 is 8.81 Å². The summed E-state index contributed by atoms with van der Waals surface area (Å²) in [5.41, 5.74) is 0. The normalized spacial score (nSPS) is 10.5. The molecular formula is C2H7OP. The van der Waals surface area contributed by atoms with Crippen LogP contribution in [-0.4, -0.2) is 13.8 Å². The highest BCUT2D eigenvalue weighted by atomic mass is 31.1. The Bertz CT molecular complexity index is 8.00. The second-order valence-electron chi connectivity index (χ2n) is 0.408. The van der Waals surface area contributed by atoms with Crippen LogP contribution < -0.4 is 0 Å². The Balaban J connectivity index is 1.97. The van der Waals surface area contributed by atoms with Crippen molar-refractivity contribution in [2.75, 3.05) is 13.8 Å². The maximum absolute atomic E-state index is 4.57. The second kappa shape index (κ2) is 3.39. The molecule has 0 fully saturated rings. The van der Waals surface area contributed by atoms with Gasteiger partial charge in [0.05, 0.1) is 0 Å². The molecule has 0 saturated carbocycles. The lowest BCUT2D eigenvalue weighted by molar-refractivity contribution is 0.479. The summed E-state index contributed by atoms with van der Waals surface area (Å²) in [6.07, 6.45) is 0. The van der Waals surface area contributed by atoms with E-state index in [9.17, 15) is 0 Å². The van der Waals surface area contributed by atoms with Gasteiger partial charge in [-0.15, -0.1) is 0 Å². The lowest BCUT2D eigenvalue weighted by atomic mass is 11.8. The molecule has 2 heteroatoms. The van der Waals surface area contributed by atoms with Crippen molar-refractivity contribution < 1.29 is 4.52 Å². The van der Waals surface area contributed by atoms with E-state index in [0.29, 0.717) is 8.81 Å². The highest BCUT2D eigenvalue weighted by Crippen LogP contribution is 1.96. The Hall–Kier alpha value is 0.390. The van der Waals surface area contributed by atoms with Crippen LogP contribution in [0.5, 0.6) is 0 Å². The van der Waals surface area contributed by atoms with E-state index in [2.05, 4.69) is 4.52 Å². The number of rotatable bonds is 1. The summed E-state index contributed by atoms with van der Waals surface area (Å²) >= 11 is 0. The molecular weight excluding hydrogens is 71.0 g/mol. The molecule has 0 aromatic rings. The maximum atomic E-state index is 4.57. The van der Waals surface area contributed by atoms with E-state index >= 15 is 0 Å². The van der Waals surface area contributed by atoms with Crippen molar-refractivity contribution in [3.8, 4) is 0 Å². The molecule has 1 atom stereocenters. The van der Waals surface area contributed by atoms with Gasteiger partial charge in [0.25, 0.3) is 0 Å². The summed E-state index contributed by atoms with van der Waals surface area (Å²) < 4.78 is 4.57. The molecule has 0 N–H and O–H groups in total. The number of hydrogen-bond donors (Lipinski definition) is 0. The lowest BCUT2D eigenvalue weighted by Crippen LogP contribution is -1.49. The van der Waals surface area contributed by atoms with Crippen molar-refractivity contribution in [2.45, 2.75) is 0 Å². The van der Waals surface area contributed by atoms with Crippen molar-refractivity contribution in [2.24, 2.45) is 0 Å². The molecule has 0 aromatic heterocycles. The van der Waals surface area contributed by atoms with Crippen LogP contribution in [0.25, 0.3) is 0 Å². The predicted octanol–water partition coefficient (Wildman–Crippen LogP) is 0.856. The van der Waals surface area contributed by atoms with Gasteiger partial charge in [0, 0.05) is 15.9 Å². The Morgan fingerprint density at radius 2 is 2.00 bits per heavy atom. The van der Waals surface area contributed by atoms with E-state index in [-0.39, 0.29) is 0 Å². The van der Waals surface area contributed by atoms with Gasteiger partial charge in [0.15, 0.2) is 0 Å². The van der Waals surface area contributed by atoms with Crippen LogP contribution in [0.1, 0.15) is 0 Å². The molecule has 1 unspecified atom stereocenters. The van der Waals surface area contributed by atoms with Gasteiger partial charge in [-0.1, -0.05) is 0 Å². The molecule has 0 spiro atoms. The summed E-state index contributed by atoms with van der Waals surface area (Å²) in [7, 11) is 2.33. The minimum Gasteiger partial charge on any atom is -0.366 e. The highest BCUT2D eigenvalue weighted by Gasteiger charge is 1.51. The summed E-state index contributed by atoms with van der Waals surface area (Å²) in [5, 5.41) is 0. The Morgan fingerprint density at radius 3 is 2.00 bits per heavy atom. The molecule has 0 saturated heterocycles. The first kappa shape index (κ1) is 4.39. The SMILES string of the molecule is COPC. The van der Waals surface area contributed by atoms with Gasteiger partial charge in [0.1, 0.15) is 0 Å². The van der Waals surface area contributed by atoms with E-state index in [1.165, 1.54) is 0 Å². The molecule has 0 aliphatic rings. The first-order valence-corrected chi connectivity index (χ1v) is 2.52. The lowest BCUT2D eigenvalue weighted by Gasteiger charge is -1.76. The third-order valence-electron chi connectivity index (χ3n) is 0.204. The Kier molecular flexibility index (Phi) is 3.72. The van der Waals surface area contributed by atoms with Gasteiger partial charge < -0.3 is 4.52 Å². The van der Waals surface area contributed by atoms with Gasteiger partial charge in [-0.05, 0) is 6.66 Å². The molecule has 0 aliphatic carbocycles. The van der Waals surface area contributed by atoms with E-state index in [1.807, 2.05) is 6.66 Å². The summed E-state index contributed by atoms with van der Waals surface area (Å²) in [6, 6.07) is 0. The minimum atomic E-state index is 0.640. The quantitative estimate of drug-likeness (QED) is 0.422. The van der Waals surface area contributed by atoms with Crippen LogP contribution in [0.2, 0.25) is 0 Å². The van der Waals surface area contributed by atoms with E-state index in [4.69, 9.17) is 0 Å². The van der Waals surface area contributed by atoms with E-state index < -0.39 is 0 Å². The molecule has 0 aliphatic heterocycles. The van der Waals surface area contributed by atoms with Crippen molar-refractivity contribution >= 4 is 8.81 Å². The average Bonchev–Trinajstić information content (AvgIpc) is 1.37. The fraction of sp³-hybridized carbons (Fsp3) is 1.00. The van der Waals surface area contributed by atoms with Crippen molar-refractivity contribution in [1.29, 1.82) is 0 Å². The molecule has 26 valence electrons. The van der Waals surface area contributed by atoms with Crippen LogP contribution in [0.15, 0.2) is 0 Å². The third-order valence-corrected chi connectivity index (χ3v) is 0.612. The maximum Gasteiger partial charge on any atom is 0.0394 e. The molecule has 1 nitrogen and oxygen atoms in total. The van der Waals surface area contributed by atoms with E-state index in [1.54, 1.807) is 7.11 Å². The third kappa shape index (κ3) is 2.39. The van der Waals surface area contributed by atoms with Crippen LogP contribution in [-0.2, 0) is 4.52 Å². The zero-order valence-electron chi connectivity index (χ0n) is 2.91. The molecule has 0 radical (unpaired) electrons. The minimum absolute atomic E-state index is 0.640. The first-order valence-electron chi connectivity index (χ1n) is 1.11. The second-order valence-corrected chi connectivity index (χ2v) is 1.22. The Labute approximate surface area is 28.2 Å². The van der Waals surface area contributed by atoms with Crippen LogP contribution in [0, 0.1) is 0 Å². The smallest absolute Gasteiger partial charge is 0.0394 e. The largest absolute Gasteiger partial charge is 0.366 e. The van der Waals surface area contributed by atoms with Gasteiger partial charge in [-0.25, -0.2) is 0 Å². The van der Waals surface area contributed by atoms with Gasteiger partial charge >= 0.3 is 0 Å². The zero-order valence-corrected chi connectivity index (χ0v) is 3.91. The molecule has 0 bridgehead atoms. The average molecular weight is 78.1 g/mol.